The number of rotatable bonds is 3. The molecule has 1 saturated carbocycles. The number of hydrogen-bond donors (Lipinski definition) is 2. The molecule has 0 unspecified atom stereocenters. The van der Waals surface area contributed by atoms with E-state index in [-0.39, 0.29) is 10.9 Å². The second kappa shape index (κ2) is 5.67. The normalized spacial score (nSPS) is 18.4. The predicted molar refractivity (Wildman–Crippen MR) is 68.9 cm³/mol. The molecule has 0 aliphatic heterocycles. The van der Waals surface area contributed by atoms with Gasteiger partial charge in [0, 0.05) is 24.5 Å². The van der Waals surface area contributed by atoms with Crippen LogP contribution in [-0.4, -0.2) is 19.4 Å². The van der Waals surface area contributed by atoms with E-state index in [0.717, 1.165) is 38.5 Å². The molecule has 18 heavy (non-hydrogen) atoms. The largest absolute Gasteiger partial charge is 0.366 e. The van der Waals surface area contributed by atoms with E-state index in [1.54, 1.807) is 0 Å². The fourth-order valence-corrected chi connectivity index (χ4v) is 3.65. The first-order valence-corrected chi connectivity index (χ1v) is 7.77. The van der Waals surface area contributed by atoms with Gasteiger partial charge in [0.2, 0.25) is 15.5 Å². The van der Waals surface area contributed by atoms with E-state index in [2.05, 4.69) is 9.71 Å². The minimum atomic E-state index is -3.70. The van der Waals surface area contributed by atoms with Gasteiger partial charge < -0.3 is 4.98 Å². The van der Waals surface area contributed by atoms with E-state index in [0.29, 0.717) is 0 Å². The molecule has 1 aromatic rings. The number of nitrogens with one attached hydrogen (secondary N) is 2. The Labute approximate surface area is 107 Å². The molecule has 0 amide bonds. The van der Waals surface area contributed by atoms with Gasteiger partial charge in [-0.3, -0.25) is 4.79 Å². The van der Waals surface area contributed by atoms with Gasteiger partial charge in [0.25, 0.3) is 0 Å². The van der Waals surface area contributed by atoms with E-state index in [4.69, 9.17) is 0 Å². The lowest BCUT2D eigenvalue weighted by Crippen LogP contribution is -2.36. The number of hydrogen-bond acceptors (Lipinski definition) is 3. The second-order valence-electron chi connectivity index (χ2n) is 4.68. The van der Waals surface area contributed by atoms with Gasteiger partial charge in [-0.05, 0) is 12.8 Å². The van der Waals surface area contributed by atoms with Crippen molar-refractivity contribution in [2.24, 2.45) is 0 Å². The zero-order valence-corrected chi connectivity index (χ0v) is 11.0. The lowest BCUT2D eigenvalue weighted by Gasteiger charge is -2.15. The van der Waals surface area contributed by atoms with E-state index in [1.807, 2.05) is 0 Å². The standard InChI is InChI=1S/C12H18N2O3S/c15-11-7-8-13-9-12(11)18(16,17)14-10-5-3-1-2-4-6-10/h7-10,14H,1-6H2,(H,13,15). The summed E-state index contributed by atoms with van der Waals surface area (Å²) in [4.78, 5) is 14.0. The van der Waals surface area contributed by atoms with Crippen molar-refractivity contribution in [1.82, 2.24) is 9.71 Å². The molecule has 1 fully saturated rings. The molecule has 0 radical (unpaired) electrons. The van der Waals surface area contributed by atoms with Crippen LogP contribution in [0.4, 0.5) is 0 Å². The van der Waals surface area contributed by atoms with Gasteiger partial charge in [-0.25, -0.2) is 13.1 Å². The molecule has 1 aromatic heterocycles. The van der Waals surface area contributed by atoms with Crippen LogP contribution in [-0.2, 0) is 10.0 Å². The summed E-state index contributed by atoms with van der Waals surface area (Å²) in [6, 6.07) is 1.18. The zero-order valence-electron chi connectivity index (χ0n) is 10.2. The maximum atomic E-state index is 12.1. The van der Waals surface area contributed by atoms with Crippen LogP contribution in [0.25, 0.3) is 0 Å². The van der Waals surface area contributed by atoms with Gasteiger partial charge in [0.1, 0.15) is 4.90 Å². The summed E-state index contributed by atoms with van der Waals surface area (Å²) >= 11 is 0. The minimum Gasteiger partial charge on any atom is -0.366 e. The van der Waals surface area contributed by atoms with Gasteiger partial charge in [0.15, 0.2) is 0 Å². The molecule has 1 aliphatic carbocycles. The van der Waals surface area contributed by atoms with Crippen molar-refractivity contribution < 1.29 is 8.42 Å². The molecular formula is C12H18N2O3S. The molecule has 2 rings (SSSR count). The van der Waals surface area contributed by atoms with Crippen LogP contribution in [0.3, 0.4) is 0 Å². The molecule has 5 nitrogen and oxygen atoms in total. The van der Waals surface area contributed by atoms with Crippen LogP contribution in [0, 0.1) is 0 Å². The third-order valence-corrected chi connectivity index (χ3v) is 4.80. The average molecular weight is 270 g/mol. The van der Waals surface area contributed by atoms with Gasteiger partial charge in [0.05, 0.1) is 0 Å². The van der Waals surface area contributed by atoms with Crippen molar-refractivity contribution >= 4 is 10.0 Å². The number of pyridine rings is 1. The molecule has 0 aromatic carbocycles. The fraction of sp³-hybridized carbons (Fsp3) is 0.583. The Bertz CT molecular complexity index is 542. The molecule has 0 bridgehead atoms. The predicted octanol–water partition coefficient (Wildman–Crippen LogP) is 1.38. The van der Waals surface area contributed by atoms with E-state index < -0.39 is 15.5 Å². The van der Waals surface area contributed by atoms with Crippen LogP contribution in [0.5, 0.6) is 0 Å². The fourth-order valence-electron chi connectivity index (χ4n) is 2.29. The Kier molecular flexibility index (Phi) is 4.19. The topological polar surface area (TPSA) is 79.0 Å². The number of aromatic nitrogens is 1. The Morgan fingerprint density at radius 1 is 1.17 bits per heavy atom. The SMILES string of the molecule is O=c1cc[nH]cc1S(=O)(=O)NC1CCCCCC1. The van der Waals surface area contributed by atoms with Crippen LogP contribution in [0.1, 0.15) is 38.5 Å². The Morgan fingerprint density at radius 3 is 2.44 bits per heavy atom. The van der Waals surface area contributed by atoms with E-state index in [9.17, 15) is 13.2 Å². The zero-order chi connectivity index (χ0) is 13.0. The summed E-state index contributed by atoms with van der Waals surface area (Å²) in [5.74, 6) is 0. The van der Waals surface area contributed by atoms with Crippen molar-refractivity contribution in [3.8, 4) is 0 Å². The van der Waals surface area contributed by atoms with Crippen LogP contribution in [0.15, 0.2) is 28.2 Å². The maximum Gasteiger partial charge on any atom is 0.246 e. The molecule has 0 spiro atoms. The highest BCUT2D eigenvalue weighted by Gasteiger charge is 2.22. The van der Waals surface area contributed by atoms with Crippen molar-refractivity contribution in [3.05, 3.63) is 28.7 Å². The highest BCUT2D eigenvalue weighted by Crippen LogP contribution is 2.18. The third kappa shape index (κ3) is 3.20. The first-order valence-electron chi connectivity index (χ1n) is 6.29. The number of sulfonamides is 1. The summed E-state index contributed by atoms with van der Waals surface area (Å²) in [5.41, 5.74) is -0.477. The molecule has 2 N–H and O–H groups in total. The van der Waals surface area contributed by atoms with Gasteiger partial charge in [-0.15, -0.1) is 0 Å². The highest BCUT2D eigenvalue weighted by molar-refractivity contribution is 7.89. The van der Waals surface area contributed by atoms with Crippen LogP contribution >= 0.6 is 0 Å². The third-order valence-electron chi connectivity index (χ3n) is 3.25. The summed E-state index contributed by atoms with van der Waals surface area (Å²) in [5, 5.41) is 0. The molecule has 1 heterocycles. The average Bonchev–Trinajstić information content (AvgIpc) is 2.57. The molecule has 6 heteroatoms. The van der Waals surface area contributed by atoms with Crippen LogP contribution in [0.2, 0.25) is 0 Å². The number of aromatic amines is 1. The molecule has 0 atom stereocenters. The monoisotopic (exact) mass is 270 g/mol. The Balaban J connectivity index is 2.16. The molecular weight excluding hydrogens is 252 g/mol. The Hall–Kier alpha value is -1.14. The van der Waals surface area contributed by atoms with Gasteiger partial charge in [-0.1, -0.05) is 25.7 Å². The van der Waals surface area contributed by atoms with E-state index in [1.165, 1.54) is 18.5 Å². The smallest absolute Gasteiger partial charge is 0.246 e. The summed E-state index contributed by atoms with van der Waals surface area (Å²) in [6.45, 7) is 0. The second-order valence-corrected chi connectivity index (χ2v) is 6.37. The molecule has 1 aliphatic rings. The van der Waals surface area contributed by atoms with Crippen molar-refractivity contribution in [3.63, 3.8) is 0 Å². The van der Waals surface area contributed by atoms with E-state index >= 15 is 0 Å². The first-order chi connectivity index (χ1) is 8.59. The lowest BCUT2D eigenvalue weighted by atomic mass is 10.1. The minimum absolute atomic E-state index is 0.0443. The maximum absolute atomic E-state index is 12.1. The van der Waals surface area contributed by atoms with Crippen LogP contribution < -0.4 is 10.2 Å². The first kappa shape index (κ1) is 13.3. The molecule has 0 saturated heterocycles. The van der Waals surface area contributed by atoms with Crippen molar-refractivity contribution in [2.75, 3.05) is 0 Å². The summed E-state index contributed by atoms with van der Waals surface area (Å²) < 4.78 is 26.8. The lowest BCUT2D eigenvalue weighted by molar-refractivity contribution is 0.509. The number of H-pyrrole nitrogens is 1. The van der Waals surface area contributed by atoms with Gasteiger partial charge >= 0.3 is 0 Å². The Morgan fingerprint density at radius 2 is 1.83 bits per heavy atom. The van der Waals surface area contributed by atoms with Crippen molar-refractivity contribution in [1.29, 1.82) is 0 Å². The highest BCUT2D eigenvalue weighted by atomic mass is 32.2. The van der Waals surface area contributed by atoms with Gasteiger partial charge in [-0.2, -0.15) is 0 Å². The molecule has 100 valence electrons. The quantitative estimate of drug-likeness (QED) is 0.814. The van der Waals surface area contributed by atoms with Crippen molar-refractivity contribution in [2.45, 2.75) is 49.5 Å². The summed E-state index contributed by atoms with van der Waals surface area (Å²) in [6.07, 6.45) is 8.76. The summed E-state index contributed by atoms with van der Waals surface area (Å²) in [7, 11) is -3.70.